The maximum Gasteiger partial charge on any atom is 0.148 e. The Morgan fingerprint density at radius 1 is 1.47 bits per heavy atom. The minimum atomic E-state index is 0.364. The first-order chi connectivity index (χ1) is 8.09. The van der Waals surface area contributed by atoms with Crippen molar-refractivity contribution < 1.29 is 0 Å². The molecule has 0 radical (unpaired) electrons. The molecule has 0 fully saturated rings. The molecule has 4 heteroatoms. The fourth-order valence-corrected chi connectivity index (χ4v) is 2.28. The second kappa shape index (κ2) is 4.82. The lowest BCUT2D eigenvalue weighted by Gasteiger charge is -2.20. The van der Waals surface area contributed by atoms with Crippen LogP contribution in [0.3, 0.4) is 0 Å². The van der Waals surface area contributed by atoms with Crippen molar-refractivity contribution in [1.82, 2.24) is 9.78 Å². The Labute approximate surface area is 103 Å². The molecule has 17 heavy (non-hydrogen) atoms. The van der Waals surface area contributed by atoms with Crippen LogP contribution in [-0.2, 0) is 7.05 Å². The predicted molar refractivity (Wildman–Crippen MR) is 72.1 cm³/mol. The van der Waals surface area contributed by atoms with E-state index in [1.807, 2.05) is 11.7 Å². The van der Waals surface area contributed by atoms with Gasteiger partial charge in [0.05, 0.1) is 11.4 Å². The number of nitrogens with zero attached hydrogens (tertiary/aromatic N) is 2. The average molecular weight is 234 g/mol. The van der Waals surface area contributed by atoms with Crippen molar-refractivity contribution >= 4 is 11.5 Å². The summed E-state index contributed by atoms with van der Waals surface area (Å²) in [6.45, 7) is 4.23. The average Bonchev–Trinajstić information content (AvgIpc) is 2.58. The fourth-order valence-electron chi connectivity index (χ4n) is 2.28. The fraction of sp³-hybridized carbons (Fsp3) is 0.615. The van der Waals surface area contributed by atoms with Crippen LogP contribution in [0.15, 0.2) is 12.2 Å². The molecule has 0 amide bonds. The summed E-state index contributed by atoms with van der Waals surface area (Å²) in [6.07, 6.45) is 7.85. The van der Waals surface area contributed by atoms with Crippen LogP contribution >= 0.6 is 0 Å². The van der Waals surface area contributed by atoms with E-state index in [0.717, 1.165) is 36.5 Å². The molecular formula is C13H22N4. The van der Waals surface area contributed by atoms with Gasteiger partial charge >= 0.3 is 0 Å². The van der Waals surface area contributed by atoms with Gasteiger partial charge in [-0.1, -0.05) is 26.0 Å². The van der Waals surface area contributed by atoms with Crippen LogP contribution in [-0.4, -0.2) is 15.8 Å². The number of hydrogen-bond acceptors (Lipinski definition) is 3. The molecular weight excluding hydrogens is 212 g/mol. The largest absolute Gasteiger partial charge is 0.394 e. The van der Waals surface area contributed by atoms with Gasteiger partial charge in [0.1, 0.15) is 5.82 Å². The number of aromatic nitrogens is 2. The van der Waals surface area contributed by atoms with E-state index in [4.69, 9.17) is 5.73 Å². The van der Waals surface area contributed by atoms with Gasteiger partial charge in [-0.25, -0.2) is 0 Å². The van der Waals surface area contributed by atoms with Gasteiger partial charge in [0.25, 0.3) is 0 Å². The highest BCUT2D eigenvalue weighted by molar-refractivity contribution is 5.66. The molecule has 1 aliphatic rings. The first kappa shape index (κ1) is 12.0. The molecule has 0 spiro atoms. The normalized spacial score (nSPS) is 19.9. The first-order valence-electron chi connectivity index (χ1n) is 6.33. The predicted octanol–water partition coefficient (Wildman–Crippen LogP) is 2.65. The van der Waals surface area contributed by atoms with E-state index in [9.17, 15) is 0 Å². The van der Waals surface area contributed by atoms with Gasteiger partial charge in [-0.3, -0.25) is 4.68 Å². The SMILES string of the molecule is CC(C)c1nn(C)c(NC2CC=CCC2)c1N. The van der Waals surface area contributed by atoms with Gasteiger partial charge in [0, 0.05) is 13.1 Å². The Balaban J connectivity index is 2.17. The molecule has 1 aromatic heterocycles. The van der Waals surface area contributed by atoms with E-state index in [-0.39, 0.29) is 0 Å². The van der Waals surface area contributed by atoms with Crippen LogP contribution in [0.25, 0.3) is 0 Å². The van der Waals surface area contributed by atoms with E-state index in [1.165, 1.54) is 0 Å². The molecule has 1 atom stereocenters. The van der Waals surface area contributed by atoms with Crippen molar-refractivity contribution in [1.29, 1.82) is 0 Å². The molecule has 1 aliphatic carbocycles. The molecule has 1 unspecified atom stereocenters. The Kier molecular flexibility index (Phi) is 3.41. The number of nitrogens with two attached hydrogens (primary N) is 1. The van der Waals surface area contributed by atoms with Crippen molar-refractivity contribution in [2.45, 2.75) is 45.1 Å². The Bertz CT molecular complexity index is 417. The highest BCUT2D eigenvalue weighted by Crippen LogP contribution is 2.29. The summed E-state index contributed by atoms with van der Waals surface area (Å²) in [5.74, 6) is 1.33. The molecule has 1 aromatic rings. The second-order valence-corrected chi connectivity index (χ2v) is 5.05. The molecule has 1 heterocycles. The molecule has 0 saturated heterocycles. The number of hydrogen-bond donors (Lipinski definition) is 2. The van der Waals surface area contributed by atoms with Crippen LogP contribution < -0.4 is 11.1 Å². The zero-order chi connectivity index (χ0) is 12.4. The number of aryl methyl sites for hydroxylation is 1. The molecule has 0 saturated carbocycles. The molecule has 94 valence electrons. The van der Waals surface area contributed by atoms with Crippen molar-refractivity contribution in [2.24, 2.45) is 7.05 Å². The van der Waals surface area contributed by atoms with Gasteiger partial charge < -0.3 is 11.1 Å². The zero-order valence-electron chi connectivity index (χ0n) is 10.9. The number of allylic oxidation sites excluding steroid dienone is 1. The lowest BCUT2D eigenvalue weighted by Crippen LogP contribution is -2.22. The monoisotopic (exact) mass is 234 g/mol. The standard InChI is InChI=1S/C13H22N4/c1-9(2)12-11(14)13(17(3)16-12)15-10-7-5-4-6-8-10/h4-5,9-10,15H,6-8,14H2,1-3H3. The summed E-state index contributed by atoms with van der Waals surface area (Å²) >= 11 is 0. The minimum Gasteiger partial charge on any atom is -0.394 e. The molecule has 4 nitrogen and oxygen atoms in total. The van der Waals surface area contributed by atoms with Crippen LogP contribution in [0, 0.1) is 0 Å². The third kappa shape index (κ3) is 2.46. The van der Waals surface area contributed by atoms with Crippen molar-refractivity contribution in [3.05, 3.63) is 17.8 Å². The second-order valence-electron chi connectivity index (χ2n) is 5.05. The van der Waals surface area contributed by atoms with Gasteiger partial charge in [-0.15, -0.1) is 0 Å². The Morgan fingerprint density at radius 2 is 2.24 bits per heavy atom. The van der Waals surface area contributed by atoms with Crippen molar-refractivity contribution in [2.75, 3.05) is 11.1 Å². The van der Waals surface area contributed by atoms with Crippen LogP contribution in [0.2, 0.25) is 0 Å². The number of nitrogens with one attached hydrogen (secondary N) is 1. The number of rotatable bonds is 3. The highest BCUT2D eigenvalue weighted by Gasteiger charge is 2.18. The number of nitrogen functional groups attached to an aromatic ring is 1. The summed E-state index contributed by atoms with van der Waals surface area (Å²) < 4.78 is 1.86. The topological polar surface area (TPSA) is 55.9 Å². The van der Waals surface area contributed by atoms with E-state index < -0.39 is 0 Å². The summed E-state index contributed by atoms with van der Waals surface area (Å²) in [6, 6.07) is 0.484. The van der Waals surface area contributed by atoms with Crippen LogP contribution in [0.1, 0.15) is 44.7 Å². The minimum absolute atomic E-state index is 0.364. The van der Waals surface area contributed by atoms with Gasteiger partial charge in [0.2, 0.25) is 0 Å². The number of anilines is 2. The zero-order valence-corrected chi connectivity index (χ0v) is 10.9. The van der Waals surface area contributed by atoms with Crippen molar-refractivity contribution in [3.8, 4) is 0 Å². The Hall–Kier alpha value is -1.45. The maximum atomic E-state index is 6.16. The van der Waals surface area contributed by atoms with Gasteiger partial charge in [0.15, 0.2) is 0 Å². The highest BCUT2D eigenvalue weighted by atomic mass is 15.3. The summed E-state index contributed by atoms with van der Waals surface area (Å²) in [4.78, 5) is 0. The van der Waals surface area contributed by atoms with E-state index >= 15 is 0 Å². The quantitative estimate of drug-likeness (QED) is 0.790. The molecule has 3 N–H and O–H groups in total. The molecule has 2 rings (SSSR count). The first-order valence-corrected chi connectivity index (χ1v) is 6.33. The van der Waals surface area contributed by atoms with E-state index in [1.54, 1.807) is 0 Å². The summed E-state index contributed by atoms with van der Waals surface area (Å²) in [5, 5.41) is 8.00. The molecule has 0 aromatic carbocycles. The smallest absolute Gasteiger partial charge is 0.148 e. The van der Waals surface area contributed by atoms with E-state index in [0.29, 0.717) is 12.0 Å². The van der Waals surface area contributed by atoms with Crippen LogP contribution in [0.5, 0.6) is 0 Å². The summed E-state index contributed by atoms with van der Waals surface area (Å²) in [7, 11) is 1.95. The molecule has 0 bridgehead atoms. The Morgan fingerprint density at radius 3 is 2.76 bits per heavy atom. The van der Waals surface area contributed by atoms with E-state index in [2.05, 4.69) is 36.4 Å². The van der Waals surface area contributed by atoms with Crippen LogP contribution in [0.4, 0.5) is 11.5 Å². The van der Waals surface area contributed by atoms with Gasteiger partial charge in [-0.05, 0) is 25.2 Å². The lowest BCUT2D eigenvalue weighted by atomic mass is 10.0. The lowest BCUT2D eigenvalue weighted by molar-refractivity contribution is 0.630. The third-order valence-electron chi connectivity index (χ3n) is 3.27. The third-order valence-corrected chi connectivity index (χ3v) is 3.27. The van der Waals surface area contributed by atoms with Gasteiger partial charge in [-0.2, -0.15) is 5.10 Å². The molecule has 0 aliphatic heterocycles. The maximum absolute atomic E-state index is 6.16. The van der Waals surface area contributed by atoms with Crippen molar-refractivity contribution in [3.63, 3.8) is 0 Å². The summed E-state index contributed by atoms with van der Waals surface area (Å²) in [5.41, 5.74) is 7.95.